The van der Waals surface area contributed by atoms with Gasteiger partial charge in [-0.05, 0) is 57.0 Å². The Bertz CT molecular complexity index is 964. The molecule has 1 aliphatic rings. The van der Waals surface area contributed by atoms with Crippen LogP contribution in [0.3, 0.4) is 0 Å². The fourth-order valence-corrected chi connectivity index (χ4v) is 4.16. The maximum atomic E-state index is 6.22. The van der Waals surface area contributed by atoms with Gasteiger partial charge in [-0.1, -0.05) is 24.6 Å². The van der Waals surface area contributed by atoms with E-state index in [0.717, 1.165) is 30.0 Å². The monoisotopic (exact) mass is 412 g/mol. The zero-order chi connectivity index (χ0) is 21.2. The van der Waals surface area contributed by atoms with Gasteiger partial charge in [-0.15, -0.1) is 0 Å². The summed E-state index contributed by atoms with van der Waals surface area (Å²) in [5.41, 5.74) is 5.35. The van der Waals surface area contributed by atoms with Crippen molar-refractivity contribution in [3.8, 4) is 11.5 Å². The van der Waals surface area contributed by atoms with Gasteiger partial charge in [0.05, 0.1) is 30.5 Å². The Kier molecular flexibility index (Phi) is 6.23. The number of anilines is 1. The zero-order valence-electron chi connectivity index (χ0n) is 18.0. The van der Waals surface area contributed by atoms with E-state index in [9.17, 15) is 0 Å². The molecular weight excluding hydrogens is 384 g/mol. The molecule has 0 amide bonds. The van der Waals surface area contributed by atoms with Crippen LogP contribution in [-0.2, 0) is 0 Å². The Morgan fingerprint density at radius 2 is 1.83 bits per heavy atom. The summed E-state index contributed by atoms with van der Waals surface area (Å²) in [6.45, 7) is 9.87. The Balaban J connectivity index is 2.04. The van der Waals surface area contributed by atoms with Crippen molar-refractivity contribution in [3.05, 3.63) is 52.6 Å². The number of benzene rings is 2. The van der Waals surface area contributed by atoms with Crippen LogP contribution in [0.2, 0.25) is 5.02 Å². The average Bonchev–Trinajstić information content (AvgIpc) is 2.68. The van der Waals surface area contributed by atoms with Crippen molar-refractivity contribution in [3.63, 3.8) is 0 Å². The quantitative estimate of drug-likeness (QED) is 0.506. The molecule has 0 aliphatic carbocycles. The van der Waals surface area contributed by atoms with Crippen LogP contribution in [0.5, 0.6) is 11.5 Å². The van der Waals surface area contributed by atoms with Crippen molar-refractivity contribution in [1.29, 1.82) is 0 Å². The Morgan fingerprint density at radius 3 is 2.45 bits per heavy atom. The number of rotatable bonds is 6. The van der Waals surface area contributed by atoms with E-state index in [1.807, 2.05) is 18.3 Å². The SMILES string of the molecule is CCCN1c2cc(OC)c(C=Nc3ccc(OC)c(Cl)c3)cc2C(C)=CC1(C)C. The van der Waals surface area contributed by atoms with Crippen molar-refractivity contribution in [1.82, 2.24) is 0 Å². The van der Waals surface area contributed by atoms with E-state index in [1.54, 1.807) is 20.3 Å². The molecule has 29 heavy (non-hydrogen) atoms. The number of hydrogen-bond donors (Lipinski definition) is 0. The van der Waals surface area contributed by atoms with Crippen LogP contribution in [0, 0.1) is 0 Å². The van der Waals surface area contributed by atoms with Gasteiger partial charge in [-0.25, -0.2) is 0 Å². The standard InChI is InChI=1S/C24H29ClN2O2/c1-7-10-27-21-13-23(29-6)17(11-19(21)16(2)14-24(27,3)4)15-26-18-8-9-22(28-5)20(25)12-18/h8-9,11-15H,7,10H2,1-6H3. The average molecular weight is 413 g/mol. The second kappa shape index (κ2) is 8.50. The molecule has 0 saturated carbocycles. The summed E-state index contributed by atoms with van der Waals surface area (Å²) in [4.78, 5) is 7.05. The Morgan fingerprint density at radius 1 is 1.10 bits per heavy atom. The van der Waals surface area contributed by atoms with Crippen LogP contribution in [-0.4, -0.2) is 32.5 Å². The first-order chi connectivity index (χ1) is 13.8. The molecule has 0 spiro atoms. The van der Waals surface area contributed by atoms with E-state index >= 15 is 0 Å². The highest BCUT2D eigenvalue weighted by molar-refractivity contribution is 6.32. The Hall–Kier alpha value is -2.46. The minimum absolute atomic E-state index is 0.0342. The predicted octanol–water partition coefficient (Wildman–Crippen LogP) is 6.52. The third kappa shape index (κ3) is 4.27. The molecule has 2 aromatic rings. The molecular formula is C24H29ClN2O2. The molecule has 154 valence electrons. The summed E-state index contributed by atoms with van der Waals surface area (Å²) in [5.74, 6) is 1.44. The van der Waals surface area contributed by atoms with E-state index < -0.39 is 0 Å². The van der Waals surface area contributed by atoms with E-state index in [1.165, 1.54) is 16.8 Å². The molecule has 0 radical (unpaired) electrons. The van der Waals surface area contributed by atoms with E-state index in [2.05, 4.69) is 55.8 Å². The van der Waals surface area contributed by atoms with Crippen molar-refractivity contribution < 1.29 is 9.47 Å². The van der Waals surface area contributed by atoms with E-state index in [-0.39, 0.29) is 5.54 Å². The maximum absolute atomic E-state index is 6.22. The second-order valence-corrected chi connectivity index (χ2v) is 8.23. The number of nitrogens with zero attached hydrogens (tertiary/aromatic N) is 2. The van der Waals surface area contributed by atoms with Crippen LogP contribution in [0.4, 0.5) is 11.4 Å². The highest BCUT2D eigenvalue weighted by atomic mass is 35.5. The molecule has 3 rings (SSSR count). The molecule has 5 heteroatoms. The summed E-state index contributed by atoms with van der Waals surface area (Å²) in [6.07, 6.45) is 5.25. The third-order valence-corrected chi connectivity index (χ3v) is 5.56. The van der Waals surface area contributed by atoms with Gasteiger partial charge >= 0.3 is 0 Å². The van der Waals surface area contributed by atoms with Crippen LogP contribution in [0.25, 0.3) is 5.57 Å². The fraction of sp³-hybridized carbons (Fsp3) is 0.375. The summed E-state index contributed by atoms with van der Waals surface area (Å²) in [7, 11) is 3.30. The summed E-state index contributed by atoms with van der Waals surface area (Å²) in [5, 5.41) is 0.538. The van der Waals surface area contributed by atoms with Gasteiger partial charge in [0.25, 0.3) is 0 Å². The smallest absolute Gasteiger partial charge is 0.137 e. The van der Waals surface area contributed by atoms with Gasteiger partial charge in [-0.3, -0.25) is 4.99 Å². The highest BCUT2D eigenvalue weighted by Gasteiger charge is 2.31. The predicted molar refractivity (Wildman–Crippen MR) is 124 cm³/mol. The van der Waals surface area contributed by atoms with Gasteiger partial charge < -0.3 is 14.4 Å². The third-order valence-electron chi connectivity index (χ3n) is 5.26. The molecule has 0 bridgehead atoms. The van der Waals surface area contributed by atoms with Gasteiger partial charge in [0.15, 0.2) is 0 Å². The molecule has 0 atom stereocenters. The first-order valence-electron chi connectivity index (χ1n) is 9.87. The first-order valence-corrected chi connectivity index (χ1v) is 10.3. The van der Waals surface area contributed by atoms with Crippen LogP contribution in [0.1, 0.15) is 45.2 Å². The second-order valence-electron chi connectivity index (χ2n) is 7.82. The molecule has 0 saturated heterocycles. The topological polar surface area (TPSA) is 34.1 Å². The zero-order valence-corrected chi connectivity index (χ0v) is 18.8. The van der Waals surface area contributed by atoms with Crippen molar-refractivity contribution in [2.45, 2.75) is 39.7 Å². The number of allylic oxidation sites excluding steroid dienone is 1. The molecule has 2 aromatic carbocycles. The molecule has 0 aromatic heterocycles. The van der Waals surface area contributed by atoms with E-state index in [0.29, 0.717) is 10.8 Å². The molecule has 0 fully saturated rings. The molecule has 4 nitrogen and oxygen atoms in total. The largest absolute Gasteiger partial charge is 0.496 e. The van der Waals surface area contributed by atoms with Crippen molar-refractivity contribution in [2.24, 2.45) is 4.99 Å². The first kappa shape index (κ1) is 21.3. The minimum atomic E-state index is -0.0342. The lowest BCUT2D eigenvalue weighted by atomic mass is 9.87. The van der Waals surface area contributed by atoms with Crippen LogP contribution >= 0.6 is 11.6 Å². The summed E-state index contributed by atoms with van der Waals surface area (Å²) < 4.78 is 10.9. The molecule has 0 N–H and O–H groups in total. The van der Waals surface area contributed by atoms with Gasteiger partial charge in [0.1, 0.15) is 11.5 Å². The van der Waals surface area contributed by atoms with Crippen LogP contribution < -0.4 is 14.4 Å². The fourth-order valence-electron chi connectivity index (χ4n) is 3.91. The molecule has 1 aliphatic heterocycles. The number of hydrogen-bond acceptors (Lipinski definition) is 4. The molecule has 1 heterocycles. The lowest BCUT2D eigenvalue weighted by Gasteiger charge is -2.43. The molecule has 0 unspecified atom stereocenters. The van der Waals surface area contributed by atoms with Gasteiger partial charge in [0, 0.05) is 35.6 Å². The number of halogens is 1. The Labute approximate surface area is 178 Å². The van der Waals surface area contributed by atoms with Crippen LogP contribution in [0.15, 0.2) is 41.4 Å². The summed E-state index contributed by atoms with van der Waals surface area (Å²) in [6, 6.07) is 9.77. The lowest BCUT2D eigenvalue weighted by molar-refractivity contribution is 0.413. The number of methoxy groups -OCH3 is 2. The van der Waals surface area contributed by atoms with Gasteiger partial charge in [0.2, 0.25) is 0 Å². The van der Waals surface area contributed by atoms with Crippen molar-refractivity contribution >= 4 is 34.8 Å². The normalized spacial score (nSPS) is 15.3. The maximum Gasteiger partial charge on any atom is 0.137 e. The minimum Gasteiger partial charge on any atom is -0.496 e. The lowest BCUT2D eigenvalue weighted by Crippen LogP contribution is -2.45. The highest BCUT2D eigenvalue weighted by Crippen LogP contribution is 2.42. The summed E-state index contributed by atoms with van der Waals surface area (Å²) >= 11 is 6.22. The number of ether oxygens (including phenoxy) is 2. The number of fused-ring (bicyclic) bond motifs is 1. The number of aliphatic imine (C=N–C) groups is 1. The van der Waals surface area contributed by atoms with Crippen molar-refractivity contribution in [2.75, 3.05) is 25.7 Å². The van der Waals surface area contributed by atoms with Gasteiger partial charge in [-0.2, -0.15) is 0 Å². The van der Waals surface area contributed by atoms with E-state index in [4.69, 9.17) is 21.1 Å².